The fourth-order valence-electron chi connectivity index (χ4n) is 2.76. The van der Waals surface area contributed by atoms with Crippen molar-refractivity contribution in [2.75, 3.05) is 7.11 Å². The van der Waals surface area contributed by atoms with Gasteiger partial charge in [-0.05, 0) is 60.0 Å². The minimum absolute atomic E-state index is 0.0859. The predicted octanol–water partition coefficient (Wildman–Crippen LogP) is 4.25. The molecule has 0 spiro atoms. The Morgan fingerprint density at radius 2 is 1.77 bits per heavy atom. The van der Waals surface area contributed by atoms with Gasteiger partial charge in [-0.1, -0.05) is 25.1 Å². The number of nitrogens with one attached hydrogen (secondary N) is 1. The zero-order chi connectivity index (χ0) is 18.4. The molecule has 0 saturated heterocycles. The topological polar surface area (TPSA) is 51.2 Å². The maximum absolute atomic E-state index is 12.4. The van der Waals surface area contributed by atoms with Crippen molar-refractivity contribution in [3.63, 3.8) is 0 Å². The molecule has 1 aromatic heterocycles. The molecule has 0 aliphatic rings. The van der Waals surface area contributed by atoms with Gasteiger partial charge in [0.25, 0.3) is 5.91 Å². The van der Waals surface area contributed by atoms with Crippen molar-refractivity contribution in [1.82, 2.24) is 10.3 Å². The Kier molecular flexibility index (Phi) is 5.64. The Balaban J connectivity index is 1.74. The van der Waals surface area contributed by atoms with Crippen LogP contribution in [-0.2, 0) is 13.0 Å². The predicted molar refractivity (Wildman–Crippen MR) is 103 cm³/mol. The van der Waals surface area contributed by atoms with Crippen LogP contribution in [0.25, 0.3) is 11.3 Å². The van der Waals surface area contributed by atoms with E-state index in [1.165, 1.54) is 5.56 Å². The molecule has 3 aromatic rings. The van der Waals surface area contributed by atoms with Crippen molar-refractivity contribution in [2.45, 2.75) is 19.9 Å². The number of carbonyl (C=O) groups excluding carboxylic acids is 1. The summed E-state index contributed by atoms with van der Waals surface area (Å²) in [5, 5.41) is 2.98. The van der Waals surface area contributed by atoms with Crippen LogP contribution >= 0.6 is 0 Å². The van der Waals surface area contributed by atoms with E-state index in [2.05, 4.69) is 17.2 Å². The van der Waals surface area contributed by atoms with E-state index >= 15 is 0 Å². The van der Waals surface area contributed by atoms with Crippen LogP contribution in [0.1, 0.15) is 28.4 Å². The zero-order valence-corrected chi connectivity index (χ0v) is 15.0. The van der Waals surface area contributed by atoms with Crippen molar-refractivity contribution in [3.8, 4) is 17.0 Å². The van der Waals surface area contributed by atoms with E-state index in [9.17, 15) is 4.79 Å². The van der Waals surface area contributed by atoms with Gasteiger partial charge in [-0.3, -0.25) is 9.78 Å². The lowest BCUT2D eigenvalue weighted by Gasteiger charge is -2.11. The van der Waals surface area contributed by atoms with Gasteiger partial charge in [-0.2, -0.15) is 0 Å². The van der Waals surface area contributed by atoms with Gasteiger partial charge >= 0.3 is 0 Å². The minimum Gasteiger partial charge on any atom is -0.497 e. The quantitative estimate of drug-likeness (QED) is 0.726. The Hall–Kier alpha value is -3.14. The number of methoxy groups -OCH3 is 1. The van der Waals surface area contributed by atoms with E-state index in [4.69, 9.17) is 4.74 Å². The molecule has 0 radical (unpaired) electrons. The van der Waals surface area contributed by atoms with Crippen LogP contribution in [0, 0.1) is 0 Å². The SMILES string of the molecule is CCc1ccc(C(=O)NCc2cccnc2-c2ccc(OC)cc2)cc1. The number of carbonyl (C=O) groups is 1. The van der Waals surface area contributed by atoms with E-state index in [-0.39, 0.29) is 5.91 Å². The summed E-state index contributed by atoms with van der Waals surface area (Å²) in [7, 11) is 1.64. The second-order valence-electron chi connectivity index (χ2n) is 5.97. The summed E-state index contributed by atoms with van der Waals surface area (Å²) in [5.74, 6) is 0.715. The van der Waals surface area contributed by atoms with Crippen LogP contribution in [0.15, 0.2) is 66.9 Å². The highest BCUT2D eigenvalue weighted by Gasteiger charge is 2.09. The van der Waals surface area contributed by atoms with Crippen molar-refractivity contribution in [2.24, 2.45) is 0 Å². The maximum Gasteiger partial charge on any atom is 0.251 e. The van der Waals surface area contributed by atoms with E-state index in [0.29, 0.717) is 12.1 Å². The number of benzene rings is 2. The van der Waals surface area contributed by atoms with Crippen molar-refractivity contribution >= 4 is 5.91 Å². The first kappa shape index (κ1) is 17.7. The summed E-state index contributed by atoms with van der Waals surface area (Å²) in [5.41, 5.74) is 4.70. The molecular formula is C22H22N2O2. The number of ether oxygens (including phenoxy) is 1. The average molecular weight is 346 g/mol. The lowest BCUT2D eigenvalue weighted by molar-refractivity contribution is 0.0951. The molecule has 1 N–H and O–H groups in total. The number of aromatic nitrogens is 1. The molecule has 4 nitrogen and oxygen atoms in total. The fourth-order valence-corrected chi connectivity index (χ4v) is 2.76. The average Bonchev–Trinajstić information content (AvgIpc) is 2.72. The molecule has 3 rings (SSSR count). The van der Waals surface area contributed by atoms with Crippen LogP contribution in [0.3, 0.4) is 0 Å². The van der Waals surface area contributed by atoms with Crippen molar-refractivity contribution < 1.29 is 9.53 Å². The number of nitrogens with zero attached hydrogens (tertiary/aromatic N) is 1. The summed E-state index contributed by atoms with van der Waals surface area (Å²) >= 11 is 0. The summed E-state index contributed by atoms with van der Waals surface area (Å²) in [6, 6.07) is 19.3. The van der Waals surface area contributed by atoms with E-state index in [1.54, 1.807) is 13.3 Å². The first-order valence-corrected chi connectivity index (χ1v) is 8.66. The molecule has 1 heterocycles. The van der Waals surface area contributed by atoms with E-state index in [0.717, 1.165) is 29.0 Å². The fraction of sp³-hybridized carbons (Fsp3) is 0.182. The summed E-state index contributed by atoms with van der Waals surface area (Å²) in [6.45, 7) is 2.52. The van der Waals surface area contributed by atoms with Crippen LogP contribution < -0.4 is 10.1 Å². The molecule has 2 aromatic carbocycles. The highest BCUT2D eigenvalue weighted by molar-refractivity contribution is 5.94. The largest absolute Gasteiger partial charge is 0.497 e. The normalized spacial score (nSPS) is 10.4. The molecule has 26 heavy (non-hydrogen) atoms. The highest BCUT2D eigenvalue weighted by atomic mass is 16.5. The summed E-state index contributed by atoms with van der Waals surface area (Å²) in [6.07, 6.45) is 2.72. The molecular weight excluding hydrogens is 324 g/mol. The Morgan fingerprint density at radius 1 is 1.04 bits per heavy atom. The second-order valence-corrected chi connectivity index (χ2v) is 5.97. The Bertz CT molecular complexity index is 871. The first-order valence-electron chi connectivity index (χ1n) is 8.66. The highest BCUT2D eigenvalue weighted by Crippen LogP contribution is 2.23. The molecule has 1 amide bonds. The number of aryl methyl sites for hydroxylation is 1. The van der Waals surface area contributed by atoms with Crippen LogP contribution in [0.5, 0.6) is 5.75 Å². The van der Waals surface area contributed by atoms with Gasteiger partial charge < -0.3 is 10.1 Å². The molecule has 0 atom stereocenters. The molecule has 0 saturated carbocycles. The molecule has 0 unspecified atom stereocenters. The number of rotatable bonds is 6. The number of hydrogen-bond donors (Lipinski definition) is 1. The molecule has 0 bridgehead atoms. The number of pyridine rings is 1. The Labute approximate surface area is 153 Å². The summed E-state index contributed by atoms with van der Waals surface area (Å²) < 4.78 is 5.20. The third kappa shape index (κ3) is 4.09. The van der Waals surface area contributed by atoms with Crippen LogP contribution in [0.4, 0.5) is 0 Å². The number of hydrogen-bond acceptors (Lipinski definition) is 3. The van der Waals surface area contributed by atoms with Gasteiger partial charge in [-0.25, -0.2) is 0 Å². The molecule has 0 fully saturated rings. The number of amides is 1. The first-order chi connectivity index (χ1) is 12.7. The second kappa shape index (κ2) is 8.30. The lowest BCUT2D eigenvalue weighted by atomic mass is 10.1. The zero-order valence-electron chi connectivity index (χ0n) is 15.0. The monoisotopic (exact) mass is 346 g/mol. The lowest BCUT2D eigenvalue weighted by Crippen LogP contribution is -2.23. The third-order valence-corrected chi connectivity index (χ3v) is 4.32. The third-order valence-electron chi connectivity index (χ3n) is 4.32. The van der Waals surface area contributed by atoms with Gasteiger partial charge in [0, 0.05) is 23.9 Å². The van der Waals surface area contributed by atoms with Gasteiger partial charge in [0.05, 0.1) is 12.8 Å². The van der Waals surface area contributed by atoms with Gasteiger partial charge in [0.15, 0.2) is 0 Å². The minimum atomic E-state index is -0.0859. The molecule has 0 aliphatic heterocycles. The van der Waals surface area contributed by atoms with Crippen LogP contribution in [-0.4, -0.2) is 18.0 Å². The van der Waals surface area contributed by atoms with Gasteiger partial charge in [0.2, 0.25) is 0 Å². The van der Waals surface area contributed by atoms with Gasteiger partial charge in [0.1, 0.15) is 5.75 Å². The standard InChI is InChI=1S/C22H22N2O2/c1-3-16-6-8-18(9-7-16)22(25)24-15-19-5-4-14-23-21(19)17-10-12-20(26-2)13-11-17/h4-14H,3,15H2,1-2H3,(H,24,25). The Morgan fingerprint density at radius 3 is 2.42 bits per heavy atom. The maximum atomic E-state index is 12.4. The van der Waals surface area contributed by atoms with Crippen LogP contribution in [0.2, 0.25) is 0 Å². The smallest absolute Gasteiger partial charge is 0.251 e. The van der Waals surface area contributed by atoms with E-state index in [1.807, 2.05) is 60.7 Å². The van der Waals surface area contributed by atoms with Gasteiger partial charge in [-0.15, -0.1) is 0 Å². The molecule has 4 heteroatoms. The molecule has 0 aliphatic carbocycles. The summed E-state index contributed by atoms with van der Waals surface area (Å²) in [4.78, 5) is 16.9. The van der Waals surface area contributed by atoms with E-state index < -0.39 is 0 Å². The molecule has 132 valence electrons. The van der Waals surface area contributed by atoms with Crippen molar-refractivity contribution in [1.29, 1.82) is 0 Å². The van der Waals surface area contributed by atoms with Crippen molar-refractivity contribution in [3.05, 3.63) is 83.6 Å².